The lowest BCUT2D eigenvalue weighted by Crippen LogP contribution is -2.39. The van der Waals surface area contributed by atoms with Gasteiger partial charge in [0, 0.05) is 25.4 Å². The molecule has 7 heteroatoms. The number of carboxylic acids is 1. The fraction of sp³-hybridized carbons (Fsp3) is 0.333. The number of hydrogen-bond donors (Lipinski definition) is 1. The second kappa shape index (κ2) is 7.80. The second-order valence-electron chi connectivity index (χ2n) is 7.16. The lowest BCUT2D eigenvalue weighted by molar-refractivity contribution is -0.132. The summed E-state index contributed by atoms with van der Waals surface area (Å²) in [5.74, 6) is -0.659. The van der Waals surface area contributed by atoms with Gasteiger partial charge in [-0.15, -0.1) is 5.10 Å². The van der Waals surface area contributed by atoms with Crippen molar-refractivity contribution in [2.24, 2.45) is 0 Å². The molecule has 144 valence electrons. The number of amides is 1. The van der Waals surface area contributed by atoms with Gasteiger partial charge < -0.3 is 10.0 Å². The predicted octanol–water partition coefficient (Wildman–Crippen LogP) is 2.93. The molecule has 0 unspecified atom stereocenters. The highest BCUT2D eigenvalue weighted by molar-refractivity contribution is 5.87. The SMILES string of the molecule is O=C(O)c1cccc([C@@H]2CCCN(C(=O)CCn3nnc4ccccc43)C2)c1. The van der Waals surface area contributed by atoms with E-state index in [0.29, 0.717) is 25.1 Å². The van der Waals surface area contributed by atoms with Crippen LogP contribution in [-0.4, -0.2) is 50.0 Å². The summed E-state index contributed by atoms with van der Waals surface area (Å²) in [4.78, 5) is 25.9. The van der Waals surface area contributed by atoms with E-state index in [4.69, 9.17) is 0 Å². The Morgan fingerprint density at radius 2 is 2.00 bits per heavy atom. The third kappa shape index (κ3) is 3.74. The van der Waals surface area contributed by atoms with Gasteiger partial charge >= 0.3 is 5.97 Å². The maximum absolute atomic E-state index is 12.8. The van der Waals surface area contributed by atoms with Gasteiger partial charge in [-0.2, -0.15) is 0 Å². The van der Waals surface area contributed by atoms with E-state index in [0.717, 1.165) is 36.0 Å². The monoisotopic (exact) mass is 378 g/mol. The molecule has 1 atom stereocenters. The van der Waals surface area contributed by atoms with Crippen LogP contribution in [0.15, 0.2) is 48.5 Å². The van der Waals surface area contributed by atoms with Crippen molar-refractivity contribution in [3.05, 3.63) is 59.7 Å². The van der Waals surface area contributed by atoms with Crippen LogP contribution in [0.25, 0.3) is 11.0 Å². The average Bonchev–Trinajstić information content (AvgIpc) is 3.15. The van der Waals surface area contributed by atoms with E-state index in [9.17, 15) is 14.7 Å². The smallest absolute Gasteiger partial charge is 0.335 e. The fourth-order valence-electron chi connectivity index (χ4n) is 3.84. The molecule has 7 nitrogen and oxygen atoms in total. The van der Waals surface area contributed by atoms with Crippen LogP contribution in [0, 0.1) is 0 Å². The number of benzene rings is 2. The highest BCUT2D eigenvalue weighted by atomic mass is 16.4. The number of fused-ring (bicyclic) bond motifs is 1. The zero-order valence-corrected chi connectivity index (χ0v) is 15.5. The quantitative estimate of drug-likeness (QED) is 0.737. The second-order valence-corrected chi connectivity index (χ2v) is 7.16. The summed E-state index contributed by atoms with van der Waals surface area (Å²) in [5, 5.41) is 17.5. The minimum Gasteiger partial charge on any atom is -0.478 e. The van der Waals surface area contributed by atoms with Gasteiger partial charge in [0.2, 0.25) is 5.91 Å². The van der Waals surface area contributed by atoms with Crippen molar-refractivity contribution in [2.45, 2.75) is 31.7 Å². The number of carbonyl (C=O) groups excluding carboxylic acids is 1. The van der Waals surface area contributed by atoms with Crippen molar-refractivity contribution >= 4 is 22.9 Å². The molecule has 1 aromatic heterocycles. The Bertz CT molecular complexity index is 1010. The van der Waals surface area contributed by atoms with E-state index >= 15 is 0 Å². The number of rotatable bonds is 5. The number of carbonyl (C=O) groups is 2. The van der Waals surface area contributed by atoms with Crippen molar-refractivity contribution < 1.29 is 14.7 Å². The van der Waals surface area contributed by atoms with Crippen LogP contribution >= 0.6 is 0 Å². The number of para-hydroxylation sites is 1. The van der Waals surface area contributed by atoms with Crippen molar-refractivity contribution in [1.29, 1.82) is 0 Å². The van der Waals surface area contributed by atoms with Gasteiger partial charge in [0.25, 0.3) is 0 Å². The van der Waals surface area contributed by atoms with Crippen LogP contribution < -0.4 is 0 Å². The zero-order chi connectivity index (χ0) is 19.5. The van der Waals surface area contributed by atoms with Crippen molar-refractivity contribution in [1.82, 2.24) is 19.9 Å². The number of aromatic nitrogens is 3. The number of aromatic carboxylic acids is 1. The molecule has 1 aliphatic rings. The standard InChI is InChI=1S/C21H22N4O3/c26-20(10-12-25-19-9-2-1-8-18(19)22-23-25)24-11-4-7-17(14-24)15-5-3-6-16(13-15)21(27)28/h1-3,5-6,8-9,13,17H,4,7,10-12,14H2,(H,27,28)/t17-/m1/s1. The first kappa shape index (κ1) is 18.2. The molecule has 4 rings (SSSR count). The van der Waals surface area contributed by atoms with Gasteiger partial charge in [-0.25, -0.2) is 9.48 Å². The normalized spacial score (nSPS) is 17.0. The number of likely N-dealkylation sites (tertiary alicyclic amines) is 1. The van der Waals surface area contributed by atoms with Gasteiger partial charge in [0.05, 0.1) is 17.6 Å². The number of aryl methyl sites for hydroxylation is 1. The summed E-state index contributed by atoms with van der Waals surface area (Å²) in [6.45, 7) is 1.86. The van der Waals surface area contributed by atoms with Crippen molar-refractivity contribution in [3.8, 4) is 0 Å². The highest BCUT2D eigenvalue weighted by Crippen LogP contribution is 2.28. The Kier molecular flexibility index (Phi) is 5.06. The molecule has 0 bridgehead atoms. The number of carboxylic acid groups (broad SMARTS) is 1. The predicted molar refractivity (Wildman–Crippen MR) is 104 cm³/mol. The molecule has 2 heterocycles. The third-order valence-corrected chi connectivity index (χ3v) is 5.34. The summed E-state index contributed by atoms with van der Waals surface area (Å²) in [7, 11) is 0. The molecule has 1 saturated heterocycles. The van der Waals surface area contributed by atoms with Crippen LogP contribution in [-0.2, 0) is 11.3 Å². The fourth-order valence-corrected chi connectivity index (χ4v) is 3.84. The molecule has 0 aliphatic carbocycles. The van der Waals surface area contributed by atoms with Crippen LogP contribution in [0.3, 0.4) is 0 Å². The lowest BCUT2D eigenvalue weighted by Gasteiger charge is -2.33. The maximum Gasteiger partial charge on any atom is 0.335 e. The Labute approximate surface area is 162 Å². The minimum absolute atomic E-state index is 0.0960. The molecule has 28 heavy (non-hydrogen) atoms. The molecule has 3 aromatic rings. The topological polar surface area (TPSA) is 88.3 Å². The van der Waals surface area contributed by atoms with Gasteiger partial charge in [-0.3, -0.25) is 4.79 Å². The Morgan fingerprint density at radius 3 is 2.86 bits per heavy atom. The minimum atomic E-state index is -0.925. The van der Waals surface area contributed by atoms with E-state index in [1.807, 2.05) is 35.2 Å². The molecule has 1 N–H and O–H groups in total. The van der Waals surface area contributed by atoms with Gasteiger partial charge in [0.1, 0.15) is 5.52 Å². The van der Waals surface area contributed by atoms with Gasteiger partial charge in [-0.1, -0.05) is 29.5 Å². The van der Waals surface area contributed by atoms with E-state index in [-0.39, 0.29) is 11.8 Å². The molecule has 1 amide bonds. The average molecular weight is 378 g/mol. The summed E-state index contributed by atoms with van der Waals surface area (Å²) in [6.07, 6.45) is 2.25. The highest BCUT2D eigenvalue weighted by Gasteiger charge is 2.25. The van der Waals surface area contributed by atoms with Crippen LogP contribution in [0.5, 0.6) is 0 Å². The molecular weight excluding hydrogens is 356 g/mol. The number of hydrogen-bond acceptors (Lipinski definition) is 4. The molecule has 0 saturated carbocycles. The molecule has 2 aromatic carbocycles. The van der Waals surface area contributed by atoms with Crippen LogP contribution in [0.1, 0.15) is 41.1 Å². The van der Waals surface area contributed by atoms with Crippen molar-refractivity contribution in [3.63, 3.8) is 0 Å². The van der Waals surface area contributed by atoms with Gasteiger partial charge in [0.15, 0.2) is 0 Å². The van der Waals surface area contributed by atoms with Crippen LogP contribution in [0.2, 0.25) is 0 Å². The number of nitrogens with zero attached hydrogens (tertiary/aromatic N) is 4. The lowest BCUT2D eigenvalue weighted by atomic mass is 9.89. The number of piperidine rings is 1. The summed E-state index contributed by atoms with van der Waals surface area (Å²) in [6, 6.07) is 14.8. The zero-order valence-electron chi connectivity index (χ0n) is 15.5. The molecular formula is C21H22N4O3. The first-order valence-electron chi connectivity index (χ1n) is 9.51. The molecule has 1 fully saturated rings. The molecule has 1 aliphatic heterocycles. The first-order chi connectivity index (χ1) is 13.6. The van der Waals surface area contributed by atoms with Crippen LogP contribution in [0.4, 0.5) is 0 Å². The summed E-state index contributed by atoms with van der Waals surface area (Å²) in [5.41, 5.74) is 3.03. The van der Waals surface area contributed by atoms with E-state index in [1.54, 1.807) is 22.9 Å². The van der Waals surface area contributed by atoms with Crippen molar-refractivity contribution in [2.75, 3.05) is 13.1 Å². The Morgan fingerprint density at radius 1 is 1.14 bits per heavy atom. The summed E-state index contributed by atoms with van der Waals surface area (Å²) < 4.78 is 1.77. The van der Waals surface area contributed by atoms with Gasteiger partial charge in [-0.05, 0) is 42.7 Å². The largest absolute Gasteiger partial charge is 0.478 e. The Balaban J connectivity index is 1.40. The van der Waals surface area contributed by atoms with E-state index in [1.165, 1.54) is 0 Å². The third-order valence-electron chi connectivity index (χ3n) is 5.34. The maximum atomic E-state index is 12.8. The summed E-state index contributed by atoms with van der Waals surface area (Å²) >= 11 is 0. The van der Waals surface area contributed by atoms with E-state index < -0.39 is 5.97 Å². The van der Waals surface area contributed by atoms with E-state index in [2.05, 4.69) is 10.3 Å². The molecule has 0 radical (unpaired) electrons. The Hall–Kier alpha value is -3.22. The first-order valence-corrected chi connectivity index (χ1v) is 9.51. The molecule has 0 spiro atoms.